The minimum atomic E-state index is -3.01. The average Bonchev–Trinajstić information content (AvgIpc) is 2.39. The first kappa shape index (κ1) is 14.2. The van der Waals surface area contributed by atoms with Crippen molar-refractivity contribution in [3.05, 3.63) is 24.3 Å². The van der Waals surface area contributed by atoms with Gasteiger partial charge in [0.2, 0.25) is 5.91 Å². The second kappa shape index (κ2) is 5.85. The Balaban J connectivity index is 2.29. The number of carbonyl (C=O) groups is 2. The number of piperidine rings is 1. The monoisotopic (exact) mass is 285 g/mol. The summed E-state index contributed by atoms with van der Waals surface area (Å²) in [6.45, 7) is -3.05. The molecule has 0 aromatic heterocycles. The highest BCUT2D eigenvalue weighted by molar-refractivity contribution is 5.96. The molecule has 7 heteroatoms. The van der Waals surface area contributed by atoms with E-state index in [1.807, 2.05) is 0 Å². The summed E-state index contributed by atoms with van der Waals surface area (Å²) >= 11 is 0. The fourth-order valence-electron chi connectivity index (χ4n) is 2.16. The standard InChI is InChI=1S/C13H13F2NO4/c14-13(15)20-10-4-2-1-3-9(10)16-7-8(12(18)19)5-6-11(16)17/h1-4,8,13H,5-7H2,(H,18,19). The van der Waals surface area contributed by atoms with Crippen LogP contribution in [0.4, 0.5) is 14.5 Å². The Hall–Kier alpha value is -2.18. The van der Waals surface area contributed by atoms with Crippen LogP contribution in [0.1, 0.15) is 12.8 Å². The van der Waals surface area contributed by atoms with E-state index in [-0.39, 0.29) is 36.7 Å². The third-order valence-electron chi connectivity index (χ3n) is 3.13. The van der Waals surface area contributed by atoms with Crippen molar-refractivity contribution in [2.75, 3.05) is 11.4 Å². The molecule has 1 fully saturated rings. The number of nitrogens with zero attached hydrogens (tertiary/aromatic N) is 1. The van der Waals surface area contributed by atoms with E-state index in [2.05, 4.69) is 4.74 Å². The topological polar surface area (TPSA) is 66.8 Å². The zero-order valence-electron chi connectivity index (χ0n) is 10.5. The molecule has 0 bridgehead atoms. The Morgan fingerprint density at radius 3 is 2.75 bits per heavy atom. The summed E-state index contributed by atoms with van der Waals surface area (Å²) in [5.41, 5.74) is 0.170. The van der Waals surface area contributed by atoms with Crippen molar-refractivity contribution in [1.82, 2.24) is 0 Å². The number of anilines is 1. The Kier molecular flexibility index (Phi) is 4.16. The summed E-state index contributed by atoms with van der Waals surface area (Å²) in [7, 11) is 0. The van der Waals surface area contributed by atoms with E-state index in [4.69, 9.17) is 5.11 Å². The van der Waals surface area contributed by atoms with E-state index in [0.717, 1.165) is 0 Å². The first-order chi connectivity index (χ1) is 9.49. The lowest BCUT2D eigenvalue weighted by Crippen LogP contribution is -2.42. The van der Waals surface area contributed by atoms with Crippen LogP contribution < -0.4 is 9.64 Å². The van der Waals surface area contributed by atoms with Crippen molar-refractivity contribution in [3.8, 4) is 5.75 Å². The first-order valence-electron chi connectivity index (χ1n) is 6.06. The van der Waals surface area contributed by atoms with E-state index in [9.17, 15) is 18.4 Å². The third kappa shape index (κ3) is 3.04. The van der Waals surface area contributed by atoms with Crippen molar-refractivity contribution in [1.29, 1.82) is 0 Å². The van der Waals surface area contributed by atoms with Gasteiger partial charge in [0.25, 0.3) is 0 Å². The third-order valence-corrected chi connectivity index (χ3v) is 3.13. The maximum absolute atomic E-state index is 12.3. The lowest BCUT2D eigenvalue weighted by molar-refractivity contribution is -0.142. The number of halogens is 2. The minimum absolute atomic E-state index is 0.0439. The average molecular weight is 285 g/mol. The Morgan fingerprint density at radius 2 is 2.10 bits per heavy atom. The van der Waals surface area contributed by atoms with Crippen LogP contribution in [-0.4, -0.2) is 30.1 Å². The summed E-state index contributed by atoms with van der Waals surface area (Å²) in [6.07, 6.45) is 0.322. The minimum Gasteiger partial charge on any atom is -0.481 e. The van der Waals surface area contributed by atoms with Crippen LogP contribution in [0.2, 0.25) is 0 Å². The highest BCUT2D eigenvalue weighted by atomic mass is 19.3. The molecule has 1 amide bonds. The van der Waals surface area contributed by atoms with Gasteiger partial charge in [-0.25, -0.2) is 0 Å². The fraction of sp³-hybridized carbons (Fsp3) is 0.385. The second-order valence-electron chi connectivity index (χ2n) is 4.42. The zero-order valence-corrected chi connectivity index (χ0v) is 10.5. The molecule has 1 aliphatic heterocycles. The van der Waals surface area contributed by atoms with Crippen LogP contribution in [0.15, 0.2) is 24.3 Å². The van der Waals surface area contributed by atoms with Crippen LogP contribution in [0.5, 0.6) is 5.75 Å². The fourth-order valence-corrected chi connectivity index (χ4v) is 2.16. The summed E-state index contributed by atoms with van der Waals surface area (Å²) in [5.74, 6) is -2.14. The van der Waals surface area contributed by atoms with Gasteiger partial charge in [-0.3, -0.25) is 9.59 Å². The van der Waals surface area contributed by atoms with Gasteiger partial charge in [-0.15, -0.1) is 0 Å². The van der Waals surface area contributed by atoms with Gasteiger partial charge in [0.05, 0.1) is 11.6 Å². The first-order valence-corrected chi connectivity index (χ1v) is 6.06. The van der Waals surface area contributed by atoms with Crippen molar-refractivity contribution in [2.45, 2.75) is 19.5 Å². The van der Waals surface area contributed by atoms with Crippen molar-refractivity contribution >= 4 is 17.6 Å². The molecular formula is C13H13F2NO4. The lowest BCUT2D eigenvalue weighted by atomic mass is 9.97. The molecule has 1 unspecified atom stereocenters. The quantitative estimate of drug-likeness (QED) is 0.920. The number of aliphatic carboxylic acids is 1. The van der Waals surface area contributed by atoms with Crippen LogP contribution >= 0.6 is 0 Å². The number of amides is 1. The second-order valence-corrected chi connectivity index (χ2v) is 4.42. The number of carboxylic acids is 1. The number of hydrogen-bond donors (Lipinski definition) is 1. The number of hydrogen-bond acceptors (Lipinski definition) is 3. The number of benzene rings is 1. The number of carboxylic acid groups (broad SMARTS) is 1. The van der Waals surface area contributed by atoms with Crippen LogP contribution in [0.3, 0.4) is 0 Å². The highest BCUT2D eigenvalue weighted by Crippen LogP contribution is 2.33. The number of carbonyl (C=O) groups excluding carboxylic acids is 1. The Labute approximate surface area is 113 Å². The molecule has 20 heavy (non-hydrogen) atoms. The summed E-state index contributed by atoms with van der Waals surface area (Å²) < 4.78 is 29.1. The molecule has 0 spiro atoms. The molecule has 1 heterocycles. The number of rotatable bonds is 4. The Bertz CT molecular complexity index is 521. The van der Waals surface area contributed by atoms with Crippen molar-refractivity contribution < 1.29 is 28.2 Å². The maximum atomic E-state index is 12.3. The molecule has 1 N–H and O–H groups in total. The van der Waals surface area contributed by atoms with E-state index < -0.39 is 18.5 Å². The molecule has 0 radical (unpaired) electrons. The summed E-state index contributed by atoms with van der Waals surface area (Å²) in [4.78, 5) is 24.1. The SMILES string of the molecule is O=C(O)C1CCC(=O)N(c2ccccc2OC(F)F)C1. The number of para-hydroxylation sites is 2. The normalized spacial score (nSPS) is 19.2. The molecular weight excluding hydrogens is 272 g/mol. The van der Waals surface area contributed by atoms with Gasteiger partial charge in [-0.2, -0.15) is 8.78 Å². The molecule has 0 aliphatic carbocycles. The highest BCUT2D eigenvalue weighted by Gasteiger charge is 2.32. The van der Waals surface area contributed by atoms with Gasteiger partial charge >= 0.3 is 12.6 Å². The molecule has 1 aromatic carbocycles. The predicted octanol–water partition coefficient (Wildman–Crippen LogP) is 2.12. The van der Waals surface area contributed by atoms with Crippen LogP contribution in [0, 0.1) is 5.92 Å². The maximum Gasteiger partial charge on any atom is 0.387 e. The molecule has 1 atom stereocenters. The van der Waals surface area contributed by atoms with Gasteiger partial charge in [0.1, 0.15) is 5.75 Å². The van der Waals surface area contributed by atoms with E-state index in [1.54, 1.807) is 6.07 Å². The van der Waals surface area contributed by atoms with Gasteiger partial charge in [0.15, 0.2) is 0 Å². The lowest BCUT2D eigenvalue weighted by Gasteiger charge is -2.31. The van der Waals surface area contributed by atoms with Gasteiger partial charge < -0.3 is 14.7 Å². The van der Waals surface area contributed by atoms with E-state index in [0.29, 0.717) is 0 Å². The smallest absolute Gasteiger partial charge is 0.387 e. The largest absolute Gasteiger partial charge is 0.481 e. The van der Waals surface area contributed by atoms with Crippen LogP contribution in [0.25, 0.3) is 0 Å². The van der Waals surface area contributed by atoms with Crippen molar-refractivity contribution in [3.63, 3.8) is 0 Å². The number of ether oxygens (including phenoxy) is 1. The molecule has 108 valence electrons. The molecule has 1 saturated heterocycles. The predicted molar refractivity (Wildman–Crippen MR) is 65.8 cm³/mol. The van der Waals surface area contributed by atoms with E-state index in [1.165, 1.54) is 23.1 Å². The summed E-state index contributed by atoms with van der Waals surface area (Å²) in [5, 5.41) is 9.01. The van der Waals surface area contributed by atoms with Gasteiger partial charge in [-0.05, 0) is 18.6 Å². The molecule has 5 nitrogen and oxygen atoms in total. The molecule has 1 aromatic rings. The van der Waals surface area contributed by atoms with E-state index >= 15 is 0 Å². The Morgan fingerprint density at radius 1 is 1.40 bits per heavy atom. The van der Waals surface area contributed by atoms with Crippen molar-refractivity contribution in [2.24, 2.45) is 5.92 Å². The molecule has 0 saturated carbocycles. The summed E-state index contributed by atoms with van der Waals surface area (Å²) in [6, 6.07) is 5.86. The molecule has 1 aliphatic rings. The van der Waals surface area contributed by atoms with Crippen LogP contribution in [-0.2, 0) is 9.59 Å². The zero-order chi connectivity index (χ0) is 14.7. The number of alkyl halides is 2. The molecule has 2 rings (SSSR count). The van der Waals surface area contributed by atoms with Gasteiger partial charge in [-0.1, -0.05) is 12.1 Å². The van der Waals surface area contributed by atoms with Gasteiger partial charge in [0, 0.05) is 13.0 Å².